The van der Waals surface area contributed by atoms with Crippen LogP contribution in [0.4, 0.5) is 4.79 Å². The van der Waals surface area contributed by atoms with E-state index in [9.17, 15) is 14.4 Å². The minimum absolute atomic E-state index is 0.0381. The molecule has 0 aromatic heterocycles. The van der Waals surface area contributed by atoms with E-state index in [0.29, 0.717) is 19.4 Å². The number of hydrogen-bond acceptors (Lipinski definition) is 4. The van der Waals surface area contributed by atoms with E-state index in [4.69, 9.17) is 4.74 Å². The molecule has 3 amide bonds. The van der Waals surface area contributed by atoms with Crippen molar-refractivity contribution >= 4 is 17.9 Å². The largest absolute Gasteiger partial charge is 0.445 e. The van der Waals surface area contributed by atoms with E-state index in [1.807, 2.05) is 60.7 Å². The number of β-lactam (4-membered cyclic amide) rings is 1. The number of benzene rings is 2. The number of likely N-dealkylation sites (N-methyl/N-ethyl adjacent to an activating group) is 1. The summed E-state index contributed by atoms with van der Waals surface area (Å²) in [4.78, 5) is 41.4. The number of nitrogens with one attached hydrogen (secondary N) is 1. The number of nitrogens with zero attached hydrogens (tertiary/aromatic N) is 2. The summed E-state index contributed by atoms with van der Waals surface area (Å²) in [5.74, 6) is -0.440. The predicted octanol–water partition coefficient (Wildman–Crippen LogP) is 2.49. The van der Waals surface area contributed by atoms with Crippen molar-refractivity contribution in [3.05, 3.63) is 71.8 Å². The van der Waals surface area contributed by atoms with E-state index in [-0.39, 0.29) is 31.0 Å². The quantitative estimate of drug-likeness (QED) is 0.773. The number of ether oxygens (including phenoxy) is 1. The Morgan fingerprint density at radius 1 is 1.10 bits per heavy atom. The monoisotopic (exact) mass is 407 g/mol. The van der Waals surface area contributed by atoms with Gasteiger partial charge in [-0.1, -0.05) is 60.7 Å². The zero-order valence-electron chi connectivity index (χ0n) is 16.9. The maximum atomic E-state index is 13.3. The average Bonchev–Trinajstić information content (AvgIpc) is 3.25. The van der Waals surface area contributed by atoms with E-state index in [0.717, 1.165) is 11.1 Å². The molecule has 2 atom stereocenters. The van der Waals surface area contributed by atoms with Gasteiger partial charge in [0, 0.05) is 13.6 Å². The molecule has 0 aliphatic carbocycles. The minimum Gasteiger partial charge on any atom is -0.445 e. The van der Waals surface area contributed by atoms with Crippen molar-refractivity contribution in [2.45, 2.75) is 31.0 Å². The molecule has 30 heavy (non-hydrogen) atoms. The molecule has 2 heterocycles. The predicted molar refractivity (Wildman–Crippen MR) is 110 cm³/mol. The molecule has 2 saturated heterocycles. The highest BCUT2D eigenvalue weighted by molar-refractivity contribution is 6.00. The number of hydrogen-bond donors (Lipinski definition) is 1. The van der Waals surface area contributed by atoms with Gasteiger partial charge in [0.1, 0.15) is 18.7 Å². The van der Waals surface area contributed by atoms with Gasteiger partial charge in [0.2, 0.25) is 5.91 Å². The second-order valence-electron chi connectivity index (χ2n) is 7.64. The smallest absolute Gasteiger partial charge is 0.411 e. The van der Waals surface area contributed by atoms with E-state index < -0.39 is 11.6 Å². The van der Waals surface area contributed by atoms with Crippen LogP contribution in [0.25, 0.3) is 0 Å². The third kappa shape index (κ3) is 3.30. The molecule has 0 saturated carbocycles. The molecule has 2 aromatic rings. The second-order valence-corrected chi connectivity index (χ2v) is 7.64. The topological polar surface area (TPSA) is 79.0 Å². The van der Waals surface area contributed by atoms with Crippen molar-refractivity contribution in [3.8, 4) is 0 Å². The fraction of sp³-hybridized carbons (Fsp3) is 0.348. The van der Waals surface area contributed by atoms with Crippen molar-refractivity contribution in [2.24, 2.45) is 0 Å². The Morgan fingerprint density at radius 2 is 1.77 bits per heavy atom. The molecule has 156 valence electrons. The van der Waals surface area contributed by atoms with Gasteiger partial charge in [-0.2, -0.15) is 0 Å². The average molecular weight is 407 g/mol. The maximum absolute atomic E-state index is 13.3. The summed E-state index contributed by atoms with van der Waals surface area (Å²) in [6.07, 6.45) is 0.768. The van der Waals surface area contributed by atoms with Gasteiger partial charge in [-0.05, 0) is 24.0 Å². The zero-order valence-corrected chi connectivity index (χ0v) is 16.9. The first-order valence-corrected chi connectivity index (χ1v) is 10.1. The molecule has 1 spiro atoms. The lowest BCUT2D eigenvalue weighted by Crippen LogP contribution is -2.74. The molecule has 7 heteroatoms. The third-order valence-electron chi connectivity index (χ3n) is 5.95. The van der Waals surface area contributed by atoms with Gasteiger partial charge in [0.05, 0.1) is 6.04 Å². The Morgan fingerprint density at radius 3 is 2.43 bits per heavy atom. The molecule has 4 rings (SSSR count). The molecular formula is C23H25N3O4. The highest BCUT2D eigenvalue weighted by Gasteiger charge is 2.67. The summed E-state index contributed by atoms with van der Waals surface area (Å²) in [7, 11) is 1.54. The van der Waals surface area contributed by atoms with Gasteiger partial charge in [0.15, 0.2) is 0 Å². The molecule has 7 nitrogen and oxygen atoms in total. The van der Waals surface area contributed by atoms with Crippen molar-refractivity contribution in [1.82, 2.24) is 15.1 Å². The Labute approximate surface area is 175 Å². The van der Waals surface area contributed by atoms with Gasteiger partial charge in [0.25, 0.3) is 5.91 Å². The van der Waals surface area contributed by atoms with Gasteiger partial charge in [-0.3, -0.25) is 14.5 Å². The second kappa shape index (κ2) is 8.18. The van der Waals surface area contributed by atoms with Crippen LogP contribution in [0.15, 0.2) is 60.7 Å². The summed E-state index contributed by atoms with van der Waals surface area (Å²) in [5, 5.41) is 2.57. The fourth-order valence-electron chi connectivity index (χ4n) is 4.56. The fourth-order valence-corrected chi connectivity index (χ4v) is 4.56. The number of likely N-dealkylation sites (tertiary alicyclic amines) is 2. The standard InChI is InChI=1S/C23H25N3O4/c1-24-19(27)15-25-20(18-11-6-3-7-12-18)23(21(25)28)13-8-14-26(23)22(29)30-16-17-9-4-2-5-10-17/h2-7,9-12,20H,8,13-16H2,1H3,(H,24,27)/t20-,23+/m0/s1. The molecule has 2 fully saturated rings. The lowest BCUT2D eigenvalue weighted by atomic mass is 9.73. The Kier molecular flexibility index (Phi) is 5.44. The first-order valence-electron chi connectivity index (χ1n) is 10.1. The van der Waals surface area contributed by atoms with Crippen LogP contribution in [0.3, 0.4) is 0 Å². The first-order chi connectivity index (χ1) is 14.6. The van der Waals surface area contributed by atoms with E-state index in [2.05, 4.69) is 5.32 Å². The van der Waals surface area contributed by atoms with Crippen molar-refractivity contribution in [1.29, 1.82) is 0 Å². The van der Waals surface area contributed by atoms with Crippen LogP contribution in [0.1, 0.15) is 30.0 Å². The summed E-state index contributed by atoms with van der Waals surface area (Å²) in [6.45, 7) is 0.568. The van der Waals surface area contributed by atoms with Crippen molar-refractivity contribution in [2.75, 3.05) is 20.1 Å². The minimum atomic E-state index is -0.997. The summed E-state index contributed by atoms with van der Waals surface area (Å²) >= 11 is 0. The normalized spacial score (nSPS) is 22.7. The molecule has 2 aliphatic heterocycles. The Balaban J connectivity index is 1.59. The van der Waals surface area contributed by atoms with Crippen molar-refractivity contribution < 1.29 is 19.1 Å². The van der Waals surface area contributed by atoms with Crippen LogP contribution in [0.2, 0.25) is 0 Å². The highest BCUT2D eigenvalue weighted by atomic mass is 16.6. The van der Waals surface area contributed by atoms with Crippen molar-refractivity contribution in [3.63, 3.8) is 0 Å². The van der Waals surface area contributed by atoms with Gasteiger partial charge >= 0.3 is 6.09 Å². The van der Waals surface area contributed by atoms with Crippen LogP contribution in [0.5, 0.6) is 0 Å². The molecule has 0 radical (unpaired) electrons. The van der Waals surface area contributed by atoms with E-state index >= 15 is 0 Å². The van der Waals surface area contributed by atoms with Gasteiger partial charge in [-0.25, -0.2) is 4.79 Å². The third-order valence-corrected chi connectivity index (χ3v) is 5.95. The maximum Gasteiger partial charge on any atom is 0.411 e. The summed E-state index contributed by atoms with van der Waals surface area (Å²) in [5.41, 5.74) is 0.798. The highest BCUT2D eigenvalue weighted by Crippen LogP contribution is 2.52. The van der Waals surface area contributed by atoms with E-state index in [1.54, 1.807) is 16.8 Å². The zero-order chi connectivity index (χ0) is 21.1. The van der Waals surface area contributed by atoms with Crippen LogP contribution < -0.4 is 5.32 Å². The van der Waals surface area contributed by atoms with Crippen LogP contribution in [-0.2, 0) is 20.9 Å². The molecule has 1 N–H and O–H groups in total. The Bertz CT molecular complexity index is 934. The van der Waals surface area contributed by atoms with Crippen LogP contribution in [-0.4, -0.2) is 53.4 Å². The number of carbonyl (C=O) groups is 3. The van der Waals surface area contributed by atoms with Crippen LogP contribution in [0, 0.1) is 0 Å². The lowest BCUT2D eigenvalue weighted by molar-refractivity contribution is -0.174. The molecule has 2 aliphatic rings. The molecule has 2 aromatic carbocycles. The summed E-state index contributed by atoms with van der Waals surface area (Å²) in [6, 6.07) is 18.6. The van der Waals surface area contributed by atoms with Crippen LogP contribution >= 0.6 is 0 Å². The van der Waals surface area contributed by atoms with Gasteiger partial charge in [-0.15, -0.1) is 0 Å². The van der Waals surface area contributed by atoms with Gasteiger partial charge < -0.3 is 15.0 Å². The molecule has 0 bridgehead atoms. The number of carbonyl (C=O) groups excluding carboxylic acids is 3. The van der Waals surface area contributed by atoms with E-state index in [1.165, 1.54) is 0 Å². The lowest BCUT2D eigenvalue weighted by Gasteiger charge is -2.57. The SMILES string of the molecule is CNC(=O)CN1C(=O)[C@@]2(CCCN2C(=O)OCc2ccccc2)[C@@H]1c1ccccc1. The number of rotatable bonds is 5. The number of amides is 3. The molecule has 0 unspecified atom stereocenters. The summed E-state index contributed by atoms with van der Waals surface area (Å²) < 4.78 is 5.55. The first kappa shape index (κ1) is 19.9. The molecular weight excluding hydrogens is 382 g/mol. The Hall–Kier alpha value is -3.35.